The molecule has 5 nitrogen and oxygen atoms in total. The van der Waals surface area contributed by atoms with Gasteiger partial charge in [0, 0.05) is 20.0 Å². The SMILES string of the molecule is CN=C(N)NCCCCCC(=O)O. The summed E-state index contributed by atoms with van der Waals surface area (Å²) in [4.78, 5) is 13.9. The van der Waals surface area contributed by atoms with Crippen LogP contribution in [-0.4, -0.2) is 30.6 Å². The number of nitrogens with two attached hydrogens (primary N) is 1. The first-order valence-electron chi connectivity index (χ1n) is 4.34. The molecular weight excluding hydrogens is 170 g/mol. The number of nitrogens with zero attached hydrogens (tertiary/aromatic N) is 1. The third-order valence-corrected chi connectivity index (χ3v) is 1.61. The summed E-state index contributed by atoms with van der Waals surface area (Å²) in [5, 5.41) is 11.2. The van der Waals surface area contributed by atoms with Crippen molar-refractivity contribution in [2.24, 2.45) is 10.7 Å². The molecule has 0 aromatic heterocycles. The van der Waals surface area contributed by atoms with Crippen LogP contribution in [0.25, 0.3) is 0 Å². The summed E-state index contributed by atoms with van der Waals surface area (Å²) in [6.45, 7) is 0.753. The van der Waals surface area contributed by atoms with E-state index in [-0.39, 0.29) is 6.42 Å². The van der Waals surface area contributed by atoms with Gasteiger partial charge in [-0.1, -0.05) is 6.42 Å². The molecule has 4 N–H and O–H groups in total. The number of unbranched alkanes of at least 4 members (excludes halogenated alkanes) is 2. The second-order valence-corrected chi connectivity index (χ2v) is 2.74. The van der Waals surface area contributed by atoms with Crippen LogP contribution in [0.3, 0.4) is 0 Å². The molecule has 0 saturated heterocycles. The zero-order valence-corrected chi connectivity index (χ0v) is 7.92. The van der Waals surface area contributed by atoms with Crippen molar-refractivity contribution in [2.75, 3.05) is 13.6 Å². The van der Waals surface area contributed by atoms with Gasteiger partial charge in [0.15, 0.2) is 5.96 Å². The maximum absolute atomic E-state index is 10.1. The summed E-state index contributed by atoms with van der Waals surface area (Å²) >= 11 is 0. The second-order valence-electron chi connectivity index (χ2n) is 2.74. The number of guanidine groups is 1. The van der Waals surface area contributed by atoms with Gasteiger partial charge in [0.25, 0.3) is 0 Å². The van der Waals surface area contributed by atoms with Crippen LogP contribution in [0, 0.1) is 0 Å². The van der Waals surface area contributed by atoms with Crippen LogP contribution in [0.2, 0.25) is 0 Å². The average molecular weight is 187 g/mol. The average Bonchev–Trinajstić information content (AvgIpc) is 2.10. The van der Waals surface area contributed by atoms with Gasteiger partial charge in [-0.15, -0.1) is 0 Å². The Morgan fingerprint density at radius 1 is 1.46 bits per heavy atom. The molecule has 0 unspecified atom stereocenters. The van der Waals surface area contributed by atoms with Crippen molar-refractivity contribution in [1.29, 1.82) is 0 Å². The smallest absolute Gasteiger partial charge is 0.303 e. The quantitative estimate of drug-likeness (QED) is 0.314. The van der Waals surface area contributed by atoms with Gasteiger partial charge in [-0.05, 0) is 12.8 Å². The fourth-order valence-electron chi connectivity index (χ4n) is 0.874. The number of rotatable bonds is 6. The number of carbonyl (C=O) groups is 1. The lowest BCUT2D eigenvalue weighted by Gasteiger charge is -2.03. The Kier molecular flexibility index (Phi) is 6.68. The summed E-state index contributed by atoms with van der Waals surface area (Å²) < 4.78 is 0. The number of carboxylic acids is 1. The summed E-state index contributed by atoms with van der Waals surface area (Å²) in [6.07, 6.45) is 2.79. The summed E-state index contributed by atoms with van der Waals surface area (Å²) in [6, 6.07) is 0. The van der Waals surface area contributed by atoms with E-state index in [0.29, 0.717) is 5.96 Å². The number of hydrogen-bond acceptors (Lipinski definition) is 2. The molecule has 0 aliphatic heterocycles. The minimum atomic E-state index is -0.734. The van der Waals surface area contributed by atoms with Gasteiger partial charge in [0.2, 0.25) is 0 Å². The molecular formula is C8H17N3O2. The molecule has 76 valence electrons. The van der Waals surface area contributed by atoms with Gasteiger partial charge >= 0.3 is 5.97 Å². The fourth-order valence-corrected chi connectivity index (χ4v) is 0.874. The third-order valence-electron chi connectivity index (χ3n) is 1.61. The summed E-state index contributed by atoms with van der Waals surface area (Å²) in [5.41, 5.74) is 5.38. The molecule has 13 heavy (non-hydrogen) atoms. The van der Waals surface area contributed by atoms with Gasteiger partial charge in [-0.25, -0.2) is 0 Å². The molecule has 0 saturated carbocycles. The Morgan fingerprint density at radius 3 is 2.69 bits per heavy atom. The zero-order valence-electron chi connectivity index (χ0n) is 7.92. The van der Waals surface area contributed by atoms with Crippen LogP contribution in [-0.2, 0) is 4.79 Å². The lowest BCUT2D eigenvalue weighted by molar-refractivity contribution is -0.137. The predicted octanol–water partition coefficient (Wildman–Crippen LogP) is 0.166. The fraction of sp³-hybridized carbons (Fsp3) is 0.750. The number of nitrogens with one attached hydrogen (secondary N) is 1. The Bertz CT molecular complexity index is 180. The Morgan fingerprint density at radius 2 is 2.15 bits per heavy atom. The van der Waals surface area contributed by atoms with Crippen LogP contribution in [0.15, 0.2) is 4.99 Å². The van der Waals surface area contributed by atoms with Crippen molar-refractivity contribution in [3.05, 3.63) is 0 Å². The van der Waals surface area contributed by atoms with E-state index < -0.39 is 5.97 Å². The maximum atomic E-state index is 10.1. The van der Waals surface area contributed by atoms with E-state index >= 15 is 0 Å². The minimum absolute atomic E-state index is 0.247. The maximum Gasteiger partial charge on any atom is 0.303 e. The highest BCUT2D eigenvalue weighted by molar-refractivity contribution is 5.77. The highest BCUT2D eigenvalue weighted by Crippen LogP contribution is 1.98. The lowest BCUT2D eigenvalue weighted by Crippen LogP contribution is -2.32. The Labute approximate surface area is 78.0 Å². The van der Waals surface area contributed by atoms with E-state index in [0.717, 1.165) is 25.8 Å². The van der Waals surface area contributed by atoms with E-state index in [9.17, 15) is 4.79 Å². The first-order chi connectivity index (χ1) is 6.16. The van der Waals surface area contributed by atoms with Crippen LogP contribution in [0.5, 0.6) is 0 Å². The number of carboxylic acid groups (broad SMARTS) is 1. The molecule has 0 aromatic carbocycles. The minimum Gasteiger partial charge on any atom is -0.481 e. The Balaban J connectivity index is 3.13. The van der Waals surface area contributed by atoms with Gasteiger partial charge in [-0.2, -0.15) is 0 Å². The third kappa shape index (κ3) is 8.65. The largest absolute Gasteiger partial charge is 0.481 e. The van der Waals surface area contributed by atoms with Gasteiger partial charge in [0.05, 0.1) is 0 Å². The molecule has 0 fully saturated rings. The topological polar surface area (TPSA) is 87.7 Å². The monoisotopic (exact) mass is 187 g/mol. The predicted molar refractivity (Wildman–Crippen MR) is 51.7 cm³/mol. The molecule has 0 amide bonds. The van der Waals surface area contributed by atoms with Gasteiger partial charge < -0.3 is 16.2 Å². The van der Waals surface area contributed by atoms with Crippen molar-refractivity contribution >= 4 is 11.9 Å². The summed E-state index contributed by atoms with van der Waals surface area (Å²) in [7, 11) is 1.62. The molecule has 0 aliphatic carbocycles. The van der Waals surface area contributed by atoms with Crippen LogP contribution in [0.1, 0.15) is 25.7 Å². The summed E-state index contributed by atoms with van der Waals surface area (Å²) in [5.74, 6) is -0.305. The molecule has 5 heteroatoms. The highest BCUT2D eigenvalue weighted by Gasteiger charge is 1.96. The number of hydrogen-bond donors (Lipinski definition) is 3. The standard InChI is InChI=1S/C8H17N3O2/c1-10-8(9)11-6-4-2-3-5-7(12)13/h2-6H2,1H3,(H,12,13)(H3,9,10,11). The zero-order chi connectivity index (χ0) is 10.1. The number of aliphatic carboxylic acids is 1. The molecule has 0 heterocycles. The van der Waals surface area contributed by atoms with E-state index in [2.05, 4.69) is 10.3 Å². The van der Waals surface area contributed by atoms with Gasteiger partial charge in [0.1, 0.15) is 0 Å². The molecule has 0 spiro atoms. The molecule has 0 bridgehead atoms. The van der Waals surface area contributed by atoms with Crippen LogP contribution < -0.4 is 11.1 Å². The van der Waals surface area contributed by atoms with Crippen molar-refractivity contribution in [1.82, 2.24) is 5.32 Å². The van der Waals surface area contributed by atoms with Crippen molar-refractivity contribution in [3.8, 4) is 0 Å². The Hall–Kier alpha value is -1.26. The molecule has 0 radical (unpaired) electrons. The van der Waals surface area contributed by atoms with Crippen LogP contribution in [0.4, 0.5) is 0 Å². The van der Waals surface area contributed by atoms with E-state index in [4.69, 9.17) is 10.8 Å². The first kappa shape index (κ1) is 11.7. The molecule has 0 aromatic rings. The van der Waals surface area contributed by atoms with Crippen molar-refractivity contribution < 1.29 is 9.90 Å². The van der Waals surface area contributed by atoms with E-state index in [1.165, 1.54) is 0 Å². The second kappa shape index (κ2) is 7.39. The molecule has 0 rings (SSSR count). The first-order valence-corrected chi connectivity index (χ1v) is 4.34. The van der Waals surface area contributed by atoms with Crippen molar-refractivity contribution in [2.45, 2.75) is 25.7 Å². The van der Waals surface area contributed by atoms with E-state index in [1.807, 2.05) is 0 Å². The van der Waals surface area contributed by atoms with Crippen LogP contribution >= 0.6 is 0 Å². The normalized spacial score (nSPS) is 11.3. The highest BCUT2D eigenvalue weighted by atomic mass is 16.4. The molecule has 0 aliphatic rings. The van der Waals surface area contributed by atoms with E-state index in [1.54, 1.807) is 7.05 Å². The number of aliphatic imine (C=N–C) groups is 1. The molecule has 0 atom stereocenters. The van der Waals surface area contributed by atoms with Gasteiger partial charge in [-0.3, -0.25) is 9.79 Å². The lowest BCUT2D eigenvalue weighted by atomic mass is 10.2. The van der Waals surface area contributed by atoms with Crippen molar-refractivity contribution in [3.63, 3.8) is 0 Å².